The molecule has 2 aromatic heterocycles. The van der Waals surface area contributed by atoms with E-state index < -0.39 is 24.2 Å². The molecule has 2 fully saturated rings. The smallest absolute Gasteiger partial charge is 0.391 e. The van der Waals surface area contributed by atoms with Crippen molar-refractivity contribution in [2.45, 2.75) is 76.9 Å². The second kappa shape index (κ2) is 9.73. The van der Waals surface area contributed by atoms with Crippen LogP contribution < -0.4 is 10.6 Å². The summed E-state index contributed by atoms with van der Waals surface area (Å²) < 4.78 is 38.8. The summed E-state index contributed by atoms with van der Waals surface area (Å²) in [6, 6.07) is -0.616. The van der Waals surface area contributed by atoms with E-state index in [4.69, 9.17) is 0 Å². The molecule has 4 rings (SSSR count). The van der Waals surface area contributed by atoms with E-state index in [2.05, 4.69) is 20.6 Å². The van der Waals surface area contributed by atoms with Crippen molar-refractivity contribution in [2.75, 3.05) is 11.9 Å². The molecular weight excluding hydrogens is 483 g/mol. The molecule has 35 heavy (non-hydrogen) atoms. The number of carbonyl (C=O) groups is 2. The molecule has 1 saturated heterocycles. The Bertz CT molecular complexity index is 1120. The molecular formula is C23H28F3N5O3S. The molecule has 0 unspecified atom stereocenters. The Kier molecular flexibility index (Phi) is 7.05. The number of aliphatic hydroxyl groups is 1. The van der Waals surface area contributed by atoms with Gasteiger partial charge in [0.1, 0.15) is 17.6 Å². The first-order valence-electron chi connectivity index (χ1n) is 11.6. The number of nitrogens with zero attached hydrogens (tertiary/aromatic N) is 3. The summed E-state index contributed by atoms with van der Waals surface area (Å²) in [6.45, 7) is 5.25. The molecule has 1 aliphatic carbocycles. The zero-order valence-corrected chi connectivity index (χ0v) is 20.5. The third kappa shape index (κ3) is 5.27. The molecule has 0 aromatic carbocycles. The summed E-state index contributed by atoms with van der Waals surface area (Å²) in [7, 11) is 0. The molecule has 2 amide bonds. The van der Waals surface area contributed by atoms with Gasteiger partial charge in [-0.15, -0.1) is 11.3 Å². The van der Waals surface area contributed by atoms with Crippen LogP contribution in [0.1, 0.15) is 65.4 Å². The monoisotopic (exact) mass is 511 g/mol. The standard InChI is InChI=1S/C23H28F3N5O3S/c1-11-9-17(28-13(3)23(24,25)26)27-10-14(11)19-18(22(34)31-8-4-5-12(31)2)30-21(35-19)20(33)29-15-6-7-16(15)32/h9-10,12-13,15-16,32H,4-8H2,1-3H3,(H,27,28)(H,29,33)/t12-,13-,15-,16-/m0/s1. The van der Waals surface area contributed by atoms with Gasteiger partial charge in [-0.1, -0.05) is 0 Å². The third-order valence-electron chi connectivity index (χ3n) is 6.60. The molecule has 0 bridgehead atoms. The molecule has 2 aromatic rings. The normalized spacial score (nSPS) is 23.1. The van der Waals surface area contributed by atoms with Gasteiger partial charge in [-0.05, 0) is 58.1 Å². The number of aliphatic hydroxyl groups excluding tert-OH is 1. The number of hydrogen-bond donors (Lipinski definition) is 3. The number of rotatable bonds is 6. The van der Waals surface area contributed by atoms with Gasteiger partial charge in [0.25, 0.3) is 11.8 Å². The van der Waals surface area contributed by atoms with Crippen molar-refractivity contribution in [2.24, 2.45) is 0 Å². The van der Waals surface area contributed by atoms with Crippen molar-refractivity contribution in [3.05, 3.63) is 28.5 Å². The number of hydrogen-bond acceptors (Lipinski definition) is 7. The second-order valence-electron chi connectivity index (χ2n) is 9.20. The molecule has 12 heteroatoms. The predicted octanol–water partition coefficient (Wildman–Crippen LogP) is 3.75. The summed E-state index contributed by atoms with van der Waals surface area (Å²) in [5, 5.41) is 15.0. The van der Waals surface area contributed by atoms with Gasteiger partial charge in [0.15, 0.2) is 5.01 Å². The molecule has 3 N–H and O–H groups in total. The Morgan fingerprint density at radius 2 is 2.03 bits per heavy atom. The van der Waals surface area contributed by atoms with Gasteiger partial charge in [0.2, 0.25) is 0 Å². The first-order chi connectivity index (χ1) is 16.5. The van der Waals surface area contributed by atoms with Crippen LogP contribution in [0.15, 0.2) is 12.3 Å². The Morgan fingerprint density at radius 1 is 1.29 bits per heavy atom. The Balaban J connectivity index is 1.67. The second-order valence-corrected chi connectivity index (χ2v) is 10.2. The van der Waals surface area contributed by atoms with Crippen LogP contribution in [0.2, 0.25) is 0 Å². The molecule has 2 aliphatic rings. The molecule has 0 radical (unpaired) electrons. The van der Waals surface area contributed by atoms with Crippen molar-refractivity contribution in [3.8, 4) is 10.4 Å². The number of alkyl halides is 3. The zero-order valence-electron chi connectivity index (χ0n) is 19.6. The van der Waals surface area contributed by atoms with Crippen molar-refractivity contribution < 1.29 is 27.9 Å². The summed E-state index contributed by atoms with van der Waals surface area (Å²) >= 11 is 1.03. The third-order valence-corrected chi connectivity index (χ3v) is 7.69. The minimum Gasteiger partial charge on any atom is -0.391 e. The highest BCUT2D eigenvalue weighted by molar-refractivity contribution is 7.17. The van der Waals surface area contributed by atoms with E-state index in [1.54, 1.807) is 11.8 Å². The van der Waals surface area contributed by atoms with Gasteiger partial charge >= 0.3 is 6.18 Å². The van der Waals surface area contributed by atoms with Crippen LogP contribution in [-0.4, -0.2) is 68.7 Å². The Morgan fingerprint density at radius 3 is 2.57 bits per heavy atom. The van der Waals surface area contributed by atoms with Gasteiger partial charge in [-0.25, -0.2) is 9.97 Å². The highest BCUT2D eigenvalue weighted by Crippen LogP contribution is 2.36. The summed E-state index contributed by atoms with van der Waals surface area (Å²) in [4.78, 5) is 36.9. The number of anilines is 1. The lowest BCUT2D eigenvalue weighted by Gasteiger charge is -2.32. The van der Waals surface area contributed by atoms with Gasteiger partial charge in [-0.2, -0.15) is 13.2 Å². The van der Waals surface area contributed by atoms with E-state index in [1.807, 2.05) is 6.92 Å². The van der Waals surface area contributed by atoms with Crippen LogP contribution >= 0.6 is 11.3 Å². The maximum Gasteiger partial charge on any atom is 0.408 e. The van der Waals surface area contributed by atoms with Crippen molar-refractivity contribution in [3.63, 3.8) is 0 Å². The van der Waals surface area contributed by atoms with Crippen LogP contribution in [0, 0.1) is 6.92 Å². The minimum absolute atomic E-state index is 0.0362. The van der Waals surface area contributed by atoms with Gasteiger partial charge in [0.05, 0.1) is 17.0 Å². The number of aryl methyl sites for hydroxylation is 1. The highest BCUT2D eigenvalue weighted by atomic mass is 32.1. The molecule has 1 aliphatic heterocycles. The Labute approximate surface area is 205 Å². The number of pyridine rings is 1. The van der Waals surface area contributed by atoms with E-state index >= 15 is 0 Å². The van der Waals surface area contributed by atoms with Crippen LogP contribution in [0.4, 0.5) is 19.0 Å². The maximum absolute atomic E-state index is 13.4. The first kappa shape index (κ1) is 25.4. The number of carbonyl (C=O) groups excluding carboxylic acids is 2. The zero-order chi connectivity index (χ0) is 25.5. The largest absolute Gasteiger partial charge is 0.408 e. The lowest BCUT2D eigenvalue weighted by molar-refractivity contribution is -0.138. The maximum atomic E-state index is 13.4. The van der Waals surface area contributed by atoms with E-state index in [1.165, 1.54) is 12.3 Å². The van der Waals surface area contributed by atoms with Crippen LogP contribution in [0.25, 0.3) is 10.4 Å². The summed E-state index contributed by atoms with van der Waals surface area (Å²) in [6.07, 6.45) is -0.604. The minimum atomic E-state index is -4.42. The van der Waals surface area contributed by atoms with Crippen LogP contribution in [0.3, 0.4) is 0 Å². The number of nitrogens with one attached hydrogen (secondary N) is 2. The predicted molar refractivity (Wildman–Crippen MR) is 125 cm³/mol. The van der Waals surface area contributed by atoms with Crippen LogP contribution in [-0.2, 0) is 0 Å². The highest BCUT2D eigenvalue weighted by Gasteiger charge is 2.37. The van der Waals surface area contributed by atoms with E-state index in [9.17, 15) is 27.9 Å². The number of halogens is 3. The molecule has 3 heterocycles. The quantitative estimate of drug-likeness (QED) is 0.545. The SMILES string of the molecule is Cc1cc(N[C@@H](C)C(F)(F)F)ncc1-c1sc(C(=O)N[C@H]2CC[C@@H]2O)nc1C(=O)N1CCC[C@@H]1C. The fourth-order valence-electron chi connectivity index (χ4n) is 4.17. The Hall–Kier alpha value is -2.73. The van der Waals surface area contributed by atoms with Crippen molar-refractivity contribution in [1.82, 2.24) is 20.2 Å². The van der Waals surface area contributed by atoms with Gasteiger partial charge in [0, 0.05) is 24.3 Å². The lowest BCUT2D eigenvalue weighted by Crippen LogP contribution is -2.50. The number of thiazole rings is 1. The molecule has 190 valence electrons. The molecule has 0 spiro atoms. The average Bonchev–Trinajstić information content (AvgIpc) is 3.42. The topological polar surface area (TPSA) is 107 Å². The van der Waals surface area contributed by atoms with Crippen LogP contribution in [0.5, 0.6) is 0 Å². The van der Waals surface area contributed by atoms with Crippen molar-refractivity contribution >= 4 is 29.0 Å². The number of likely N-dealkylation sites (tertiary alicyclic amines) is 1. The first-order valence-corrected chi connectivity index (χ1v) is 12.4. The lowest BCUT2D eigenvalue weighted by atomic mass is 9.89. The molecule has 4 atom stereocenters. The fraction of sp³-hybridized carbons (Fsp3) is 0.565. The molecule has 1 saturated carbocycles. The van der Waals surface area contributed by atoms with E-state index in [0.717, 1.165) is 31.1 Å². The molecule has 8 nitrogen and oxygen atoms in total. The summed E-state index contributed by atoms with van der Waals surface area (Å²) in [5.74, 6) is -0.716. The number of aromatic nitrogens is 2. The van der Waals surface area contributed by atoms with E-state index in [-0.39, 0.29) is 34.5 Å². The van der Waals surface area contributed by atoms with Gasteiger partial charge < -0.3 is 20.6 Å². The van der Waals surface area contributed by atoms with E-state index in [0.29, 0.717) is 35.4 Å². The number of amides is 2. The summed E-state index contributed by atoms with van der Waals surface area (Å²) in [5.41, 5.74) is 1.23. The fourth-order valence-corrected chi connectivity index (χ4v) is 5.21. The van der Waals surface area contributed by atoms with Gasteiger partial charge in [-0.3, -0.25) is 9.59 Å². The average molecular weight is 512 g/mol. The van der Waals surface area contributed by atoms with Crippen molar-refractivity contribution in [1.29, 1.82) is 0 Å².